The number of phenols is 6. The van der Waals surface area contributed by atoms with Gasteiger partial charge in [-0.25, -0.2) is 4.98 Å². The van der Waals surface area contributed by atoms with E-state index < -0.39 is 0 Å². The van der Waals surface area contributed by atoms with Gasteiger partial charge >= 0.3 is 0 Å². The first-order valence-electron chi connectivity index (χ1n) is 10.9. The predicted octanol–water partition coefficient (Wildman–Crippen LogP) is 2.42. The third-order valence-electron chi connectivity index (χ3n) is 5.36. The highest BCUT2D eigenvalue weighted by Gasteiger charge is 2.18. The second-order valence-electron chi connectivity index (χ2n) is 8.02. The number of phenolic OH excluding ortho intramolecular Hbond substituents is 6. The predicted molar refractivity (Wildman–Crippen MR) is 129 cm³/mol. The lowest BCUT2D eigenvalue weighted by Crippen LogP contribution is -2.25. The minimum Gasteiger partial charge on any atom is -0.504 e. The monoisotopic (exact) mass is 492 g/mol. The molecule has 0 saturated carbocycles. The number of aliphatic hydroxyl groups is 1. The summed E-state index contributed by atoms with van der Waals surface area (Å²) in [6, 6.07) is 12.8. The van der Waals surface area contributed by atoms with Crippen molar-refractivity contribution >= 4 is 11.6 Å². The second-order valence-corrected chi connectivity index (χ2v) is 8.02. The van der Waals surface area contributed by atoms with Gasteiger partial charge in [0.25, 0.3) is 0 Å². The van der Waals surface area contributed by atoms with Crippen LogP contribution in [0, 0.1) is 0 Å². The highest BCUT2D eigenvalue weighted by atomic mass is 16.3. The lowest BCUT2D eigenvalue weighted by Gasteiger charge is -2.23. The van der Waals surface area contributed by atoms with Crippen molar-refractivity contribution in [3.05, 3.63) is 77.4 Å². The van der Waals surface area contributed by atoms with Gasteiger partial charge < -0.3 is 40.6 Å². The normalized spacial score (nSPS) is 10.9. The number of aromatic nitrogens is 3. The van der Waals surface area contributed by atoms with Crippen molar-refractivity contribution in [3.8, 4) is 34.5 Å². The molecule has 0 bridgehead atoms. The van der Waals surface area contributed by atoms with Gasteiger partial charge in [0, 0.05) is 31.1 Å². The molecule has 186 valence electrons. The molecule has 1 heterocycles. The van der Waals surface area contributed by atoms with E-state index in [9.17, 15) is 35.7 Å². The maximum atomic E-state index is 9.98. The molecule has 0 amide bonds. The molecule has 36 heavy (non-hydrogen) atoms. The van der Waals surface area contributed by atoms with Crippen molar-refractivity contribution in [1.82, 2.24) is 15.0 Å². The Balaban J connectivity index is 1.78. The molecule has 3 aromatic carbocycles. The first-order chi connectivity index (χ1) is 17.2. The summed E-state index contributed by atoms with van der Waals surface area (Å²) in [5.74, 6) is -0.981. The van der Waals surface area contributed by atoms with E-state index in [1.165, 1.54) is 47.4 Å². The van der Waals surface area contributed by atoms with Crippen molar-refractivity contribution in [3.63, 3.8) is 0 Å². The summed E-state index contributed by atoms with van der Waals surface area (Å²) >= 11 is 0. The summed E-state index contributed by atoms with van der Waals surface area (Å²) in [7, 11) is 0. The molecule has 0 saturated heterocycles. The number of aromatic hydroxyl groups is 6. The molecule has 0 spiro atoms. The molecule has 11 nitrogen and oxygen atoms in total. The molecule has 0 atom stereocenters. The van der Waals surface area contributed by atoms with E-state index in [4.69, 9.17) is 0 Å². The van der Waals surface area contributed by atoms with Gasteiger partial charge in [-0.05, 0) is 47.5 Å². The van der Waals surface area contributed by atoms with Gasteiger partial charge in [-0.15, -0.1) is 0 Å². The quantitative estimate of drug-likeness (QED) is 0.179. The molecule has 11 heteroatoms. The number of hydrogen-bond donors (Lipinski definition) is 7. The summed E-state index contributed by atoms with van der Waals surface area (Å²) < 4.78 is 0. The van der Waals surface area contributed by atoms with E-state index in [1.807, 2.05) is 0 Å². The fraction of sp³-hybridized carbons (Fsp3) is 0.160. The lowest BCUT2D eigenvalue weighted by atomic mass is 10.1. The van der Waals surface area contributed by atoms with E-state index in [1.54, 1.807) is 12.1 Å². The molecule has 0 fully saturated rings. The maximum absolute atomic E-state index is 9.98. The van der Waals surface area contributed by atoms with Crippen LogP contribution in [0.1, 0.15) is 22.8 Å². The molecular formula is C25H24N4O7. The molecule has 1 aromatic heterocycles. The van der Waals surface area contributed by atoms with Gasteiger partial charge in [0.2, 0.25) is 5.95 Å². The minimum atomic E-state index is -0.357. The van der Waals surface area contributed by atoms with Crippen molar-refractivity contribution in [2.24, 2.45) is 0 Å². The largest absolute Gasteiger partial charge is 0.504 e. The van der Waals surface area contributed by atoms with Gasteiger partial charge in [0.1, 0.15) is 11.6 Å². The topological polar surface area (TPSA) is 184 Å². The summed E-state index contributed by atoms with van der Waals surface area (Å²) in [4.78, 5) is 15.1. The highest BCUT2D eigenvalue weighted by molar-refractivity contribution is 5.62. The number of anilines is 2. The minimum absolute atomic E-state index is 0.0626. The fourth-order valence-electron chi connectivity index (χ4n) is 3.58. The number of rotatable bonds is 8. The average Bonchev–Trinajstić information content (AvgIpc) is 2.84. The van der Waals surface area contributed by atoms with Crippen molar-refractivity contribution < 1.29 is 35.7 Å². The van der Waals surface area contributed by atoms with Crippen molar-refractivity contribution in [2.45, 2.75) is 12.8 Å². The van der Waals surface area contributed by atoms with Gasteiger partial charge in [-0.2, -0.15) is 9.97 Å². The molecular weight excluding hydrogens is 468 g/mol. The van der Waals surface area contributed by atoms with Crippen molar-refractivity contribution in [1.29, 1.82) is 0 Å². The average molecular weight is 492 g/mol. The zero-order chi connectivity index (χ0) is 25.8. The lowest BCUT2D eigenvalue weighted by molar-refractivity contribution is 0.305. The molecule has 0 aliphatic rings. The first-order valence-corrected chi connectivity index (χ1v) is 10.9. The van der Waals surface area contributed by atoms with Crippen LogP contribution in [0.25, 0.3) is 0 Å². The Bertz CT molecular complexity index is 1330. The van der Waals surface area contributed by atoms with Crippen LogP contribution in [-0.2, 0) is 12.8 Å². The van der Waals surface area contributed by atoms with Gasteiger partial charge in [0.05, 0.1) is 6.61 Å². The third-order valence-corrected chi connectivity index (χ3v) is 5.36. The van der Waals surface area contributed by atoms with E-state index in [-0.39, 0.29) is 66.4 Å². The first kappa shape index (κ1) is 24.4. The van der Waals surface area contributed by atoms with Crippen LogP contribution in [0.4, 0.5) is 11.6 Å². The molecule has 0 aliphatic heterocycles. The summed E-state index contributed by atoms with van der Waals surface area (Å²) in [6.07, 6.45) is 0.343. The SMILES string of the molecule is OCCN(c1ccc(O)c(O)c1)c1nc(Cc2ccc(O)c(O)c2)nc(Cc2ccc(O)c(O)c2)n1. The summed E-state index contributed by atoms with van der Waals surface area (Å²) in [5, 5.41) is 68.3. The van der Waals surface area contributed by atoms with Crippen LogP contribution >= 0.6 is 0 Å². The molecule has 4 aromatic rings. The number of aliphatic hydroxyl groups excluding tert-OH is 1. The van der Waals surface area contributed by atoms with Gasteiger partial charge in [-0.3, -0.25) is 0 Å². The molecule has 7 N–H and O–H groups in total. The van der Waals surface area contributed by atoms with E-state index in [0.29, 0.717) is 28.5 Å². The zero-order valence-corrected chi connectivity index (χ0v) is 18.9. The smallest absolute Gasteiger partial charge is 0.233 e. The number of hydrogen-bond acceptors (Lipinski definition) is 11. The Labute approximate surface area is 205 Å². The van der Waals surface area contributed by atoms with E-state index in [2.05, 4.69) is 15.0 Å². The Morgan fingerprint density at radius 3 is 1.47 bits per heavy atom. The Hall–Kier alpha value is -4.77. The number of nitrogens with zero attached hydrogens (tertiary/aromatic N) is 4. The van der Waals surface area contributed by atoms with Gasteiger partial charge in [0.15, 0.2) is 34.5 Å². The van der Waals surface area contributed by atoms with Crippen LogP contribution in [0.2, 0.25) is 0 Å². The summed E-state index contributed by atoms with van der Waals surface area (Å²) in [6.45, 7) is -0.206. The fourth-order valence-corrected chi connectivity index (χ4v) is 3.58. The third kappa shape index (κ3) is 5.47. The molecule has 4 rings (SSSR count). The van der Waals surface area contributed by atoms with Crippen LogP contribution in [0.5, 0.6) is 34.5 Å². The standard InChI is InChI=1S/C25H24N4O7/c30-8-7-29(16-3-6-19(33)22(36)13-16)25-27-23(11-14-1-4-17(31)20(34)9-14)26-24(28-25)12-15-2-5-18(32)21(35)10-15/h1-6,9-10,13,30-36H,7-8,11-12H2. The molecule has 0 unspecified atom stereocenters. The number of benzene rings is 3. The maximum Gasteiger partial charge on any atom is 0.233 e. The zero-order valence-electron chi connectivity index (χ0n) is 18.9. The highest BCUT2D eigenvalue weighted by Crippen LogP contribution is 2.33. The van der Waals surface area contributed by atoms with Crippen LogP contribution in [0.3, 0.4) is 0 Å². The van der Waals surface area contributed by atoms with E-state index in [0.717, 1.165) is 0 Å². The van der Waals surface area contributed by atoms with Crippen LogP contribution < -0.4 is 4.90 Å². The van der Waals surface area contributed by atoms with E-state index >= 15 is 0 Å². The molecule has 0 radical (unpaired) electrons. The Kier molecular flexibility index (Phi) is 6.93. The summed E-state index contributed by atoms with van der Waals surface area (Å²) in [5.41, 5.74) is 1.64. The molecule has 0 aliphatic carbocycles. The van der Waals surface area contributed by atoms with Crippen LogP contribution in [-0.4, -0.2) is 63.8 Å². The van der Waals surface area contributed by atoms with Crippen LogP contribution in [0.15, 0.2) is 54.6 Å². The van der Waals surface area contributed by atoms with Gasteiger partial charge in [-0.1, -0.05) is 12.1 Å². The Morgan fingerprint density at radius 2 is 1.03 bits per heavy atom. The van der Waals surface area contributed by atoms with Crippen molar-refractivity contribution in [2.75, 3.05) is 18.1 Å². The second kappa shape index (κ2) is 10.2. The Morgan fingerprint density at radius 1 is 0.556 bits per heavy atom.